The first-order valence-corrected chi connectivity index (χ1v) is 9.65. The van der Waals surface area contributed by atoms with Crippen LogP contribution in [0.2, 0.25) is 0 Å². The molecule has 5 nitrogen and oxygen atoms in total. The number of benzene rings is 1. The lowest BCUT2D eigenvalue weighted by atomic mass is 9.95. The molecule has 1 aliphatic carbocycles. The largest absolute Gasteiger partial charge is 0.367 e. The minimum Gasteiger partial charge on any atom is -0.367 e. The molecule has 0 bridgehead atoms. The molecular weight excluding hydrogens is 324 g/mol. The van der Waals surface area contributed by atoms with Gasteiger partial charge in [0.15, 0.2) is 0 Å². The van der Waals surface area contributed by atoms with Crippen LogP contribution in [0.5, 0.6) is 0 Å². The summed E-state index contributed by atoms with van der Waals surface area (Å²) in [6.07, 6.45) is 8.85. The van der Waals surface area contributed by atoms with Crippen molar-refractivity contribution < 1.29 is 4.79 Å². The van der Waals surface area contributed by atoms with Crippen molar-refractivity contribution in [2.45, 2.75) is 64.5 Å². The molecule has 1 aromatic carbocycles. The molecule has 1 atom stereocenters. The molecule has 2 N–H and O–H groups in total. The van der Waals surface area contributed by atoms with Crippen molar-refractivity contribution >= 4 is 11.7 Å². The van der Waals surface area contributed by atoms with Crippen LogP contribution >= 0.6 is 0 Å². The number of nitrogens with one attached hydrogen (secondary N) is 2. The highest BCUT2D eigenvalue weighted by Crippen LogP contribution is 2.23. The third-order valence-corrected chi connectivity index (χ3v) is 5.06. The Bertz CT molecular complexity index is 723. The SMILES string of the molecule is CC[C@H](C)NC(=O)c1ccc(-c2cc(NC3CCCCC3)ncn2)cc1. The van der Waals surface area contributed by atoms with Crippen molar-refractivity contribution in [3.05, 3.63) is 42.2 Å². The first kappa shape index (κ1) is 18.4. The van der Waals surface area contributed by atoms with Gasteiger partial charge >= 0.3 is 0 Å². The Hall–Kier alpha value is -2.43. The molecular formula is C21H28N4O. The van der Waals surface area contributed by atoms with Gasteiger partial charge in [0.05, 0.1) is 5.69 Å². The average molecular weight is 352 g/mol. The molecule has 1 aromatic heterocycles. The van der Waals surface area contributed by atoms with E-state index in [2.05, 4.69) is 27.5 Å². The summed E-state index contributed by atoms with van der Waals surface area (Å²) in [5.41, 5.74) is 2.52. The van der Waals surface area contributed by atoms with E-state index >= 15 is 0 Å². The van der Waals surface area contributed by atoms with Crippen LogP contribution in [0.3, 0.4) is 0 Å². The van der Waals surface area contributed by atoms with Crippen LogP contribution in [0.25, 0.3) is 11.3 Å². The molecule has 1 amide bonds. The number of anilines is 1. The summed E-state index contributed by atoms with van der Waals surface area (Å²) in [6.45, 7) is 4.07. The van der Waals surface area contributed by atoms with Gasteiger partial charge in [0.1, 0.15) is 12.1 Å². The summed E-state index contributed by atoms with van der Waals surface area (Å²) in [7, 11) is 0. The van der Waals surface area contributed by atoms with Crippen LogP contribution in [0.15, 0.2) is 36.7 Å². The van der Waals surface area contributed by atoms with Crippen molar-refractivity contribution in [1.29, 1.82) is 0 Å². The second-order valence-electron chi connectivity index (χ2n) is 7.13. The Balaban J connectivity index is 1.68. The summed E-state index contributed by atoms with van der Waals surface area (Å²) >= 11 is 0. The summed E-state index contributed by atoms with van der Waals surface area (Å²) in [6, 6.07) is 10.3. The van der Waals surface area contributed by atoms with Crippen LogP contribution in [-0.4, -0.2) is 28.0 Å². The maximum absolute atomic E-state index is 12.2. The molecule has 1 heterocycles. The van der Waals surface area contributed by atoms with Gasteiger partial charge in [0, 0.05) is 29.3 Å². The molecule has 0 saturated heterocycles. The number of aromatic nitrogens is 2. The normalized spacial score (nSPS) is 16.1. The van der Waals surface area contributed by atoms with Gasteiger partial charge in [0.25, 0.3) is 5.91 Å². The average Bonchev–Trinajstić information content (AvgIpc) is 2.69. The van der Waals surface area contributed by atoms with E-state index in [9.17, 15) is 4.79 Å². The second kappa shape index (κ2) is 8.79. The first-order chi connectivity index (χ1) is 12.7. The highest BCUT2D eigenvalue weighted by Gasteiger charge is 2.14. The fourth-order valence-electron chi connectivity index (χ4n) is 3.25. The van der Waals surface area contributed by atoms with E-state index in [0.717, 1.165) is 23.5 Å². The molecule has 0 aliphatic heterocycles. The van der Waals surface area contributed by atoms with Gasteiger partial charge in [-0.25, -0.2) is 9.97 Å². The Labute approximate surface area is 155 Å². The molecule has 0 radical (unpaired) electrons. The van der Waals surface area contributed by atoms with E-state index in [1.807, 2.05) is 37.3 Å². The maximum Gasteiger partial charge on any atom is 0.251 e. The standard InChI is InChI=1S/C21H28N4O/c1-3-15(2)24-21(26)17-11-9-16(10-12-17)19-13-20(23-14-22-19)25-18-7-5-4-6-8-18/h9-15,18H,3-8H2,1-2H3,(H,24,26)(H,22,23,25)/t15-/m0/s1. The van der Waals surface area contributed by atoms with E-state index < -0.39 is 0 Å². The number of hydrogen-bond donors (Lipinski definition) is 2. The lowest BCUT2D eigenvalue weighted by Gasteiger charge is -2.23. The predicted octanol–water partition coefficient (Wildman–Crippen LogP) is 4.42. The van der Waals surface area contributed by atoms with E-state index in [-0.39, 0.29) is 11.9 Å². The van der Waals surface area contributed by atoms with Crippen molar-refractivity contribution in [1.82, 2.24) is 15.3 Å². The Morgan fingerprint density at radius 3 is 2.58 bits per heavy atom. The third kappa shape index (κ3) is 4.81. The van der Waals surface area contributed by atoms with Gasteiger partial charge in [-0.05, 0) is 38.3 Å². The van der Waals surface area contributed by atoms with Crippen LogP contribution in [0.1, 0.15) is 62.7 Å². The Morgan fingerprint density at radius 1 is 1.15 bits per heavy atom. The van der Waals surface area contributed by atoms with Gasteiger partial charge < -0.3 is 10.6 Å². The minimum absolute atomic E-state index is 0.0340. The monoisotopic (exact) mass is 352 g/mol. The van der Waals surface area contributed by atoms with Gasteiger partial charge in [-0.3, -0.25) is 4.79 Å². The molecule has 1 saturated carbocycles. The molecule has 26 heavy (non-hydrogen) atoms. The van der Waals surface area contributed by atoms with Gasteiger partial charge in [-0.1, -0.05) is 38.3 Å². The molecule has 5 heteroatoms. The number of amides is 1. The summed E-state index contributed by atoms with van der Waals surface area (Å²) in [5.74, 6) is 0.841. The van der Waals surface area contributed by atoms with Gasteiger partial charge in [0.2, 0.25) is 0 Å². The fraction of sp³-hybridized carbons (Fsp3) is 0.476. The number of carbonyl (C=O) groups is 1. The molecule has 3 rings (SSSR count). The van der Waals surface area contributed by atoms with E-state index in [0.29, 0.717) is 11.6 Å². The van der Waals surface area contributed by atoms with Crippen LogP contribution in [-0.2, 0) is 0 Å². The minimum atomic E-state index is -0.0340. The Kier molecular flexibility index (Phi) is 6.21. The van der Waals surface area contributed by atoms with Crippen molar-refractivity contribution in [3.8, 4) is 11.3 Å². The van der Waals surface area contributed by atoms with Gasteiger partial charge in [-0.15, -0.1) is 0 Å². The summed E-state index contributed by atoms with van der Waals surface area (Å²) < 4.78 is 0. The lowest BCUT2D eigenvalue weighted by molar-refractivity contribution is 0.0939. The molecule has 138 valence electrons. The highest BCUT2D eigenvalue weighted by molar-refractivity contribution is 5.94. The highest BCUT2D eigenvalue weighted by atomic mass is 16.1. The van der Waals surface area contributed by atoms with E-state index in [4.69, 9.17) is 0 Å². The molecule has 1 fully saturated rings. The smallest absolute Gasteiger partial charge is 0.251 e. The zero-order valence-electron chi connectivity index (χ0n) is 15.7. The Morgan fingerprint density at radius 2 is 1.88 bits per heavy atom. The number of rotatable bonds is 6. The third-order valence-electron chi connectivity index (χ3n) is 5.06. The van der Waals surface area contributed by atoms with Crippen molar-refractivity contribution in [3.63, 3.8) is 0 Å². The van der Waals surface area contributed by atoms with Crippen molar-refractivity contribution in [2.24, 2.45) is 0 Å². The van der Waals surface area contributed by atoms with E-state index in [1.165, 1.54) is 32.1 Å². The van der Waals surface area contributed by atoms with Crippen LogP contribution in [0.4, 0.5) is 5.82 Å². The number of nitrogens with zero attached hydrogens (tertiary/aromatic N) is 2. The zero-order valence-corrected chi connectivity index (χ0v) is 15.7. The molecule has 1 aliphatic rings. The summed E-state index contributed by atoms with van der Waals surface area (Å²) in [5, 5.41) is 6.52. The molecule has 0 unspecified atom stereocenters. The van der Waals surface area contributed by atoms with Gasteiger partial charge in [-0.2, -0.15) is 0 Å². The lowest BCUT2D eigenvalue weighted by Crippen LogP contribution is -2.31. The van der Waals surface area contributed by atoms with Crippen molar-refractivity contribution in [2.75, 3.05) is 5.32 Å². The summed E-state index contributed by atoms with van der Waals surface area (Å²) in [4.78, 5) is 20.9. The fourth-order valence-corrected chi connectivity index (χ4v) is 3.25. The number of carbonyl (C=O) groups excluding carboxylic acids is 1. The van der Waals surface area contributed by atoms with E-state index in [1.54, 1.807) is 6.33 Å². The van der Waals surface area contributed by atoms with Crippen LogP contribution in [0, 0.1) is 0 Å². The first-order valence-electron chi connectivity index (χ1n) is 9.65. The predicted molar refractivity (Wildman–Crippen MR) is 105 cm³/mol. The zero-order chi connectivity index (χ0) is 18.4. The second-order valence-corrected chi connectivity index (χ2v) is 7.13. The number of hydrogen-bond acceptors (Lipinski definition) is 4. The van der Waals surface area contributed by atoms with Crippen LogP contribution < -0.4 is 10.6 Å². The quantitative estimate of drug-likeness (QED) is 0.808. The molecule has 0 spiro atoms. The maximum atomic E-state index is 12.2. The molecule has 2 aromatic rings. The topological polar surface area (TPSA) is 66.9 Å².